The second-order valence-electron chi connectivity index (χ2n) is 4.81. The lowest BCUT2D eigenvalue weighted by Crippen LogP contribution is -2.27. The molecule has 1 amide bonds. The van der Waals surface area contributed by atoms with Crippen molar-refractivity contribution in [3.63, 3.8) is 0 Å². The number of hydrogen-bond acceptors (Lipinski definition) is 4. The van der Waals surface area contributed by atoms with Crippen LogP contribution in [0.2, 0.25) is 0 Å². The van der Waals surface area contributed by atoms with Gasteiger partial charge in [0, 0.05) is 0 Å². The highest BCUT2D eigenvalue weighted by atomic mass is 32.1. The molecule has 0 radical (unpaired) electrons. The topological polar surface area (TPSA) is 83.8 Å². The molecule has 4 N–H and O–H groups in total. The van der Waals surface area contributed by atoms with Gasteiger partial charge in [0.05, 0.1) is 17.4 Å². The molecular formula is C13H18N4OS. The third kappa shape index (κ3) is 2.78. The number of rotatable bonds is 4. The van der Waals surface area contributed by atoms with Crippen LogP contribution in [0, 0.1) is 0 Å². The number of nitrogens with one attached hydrogen (secondary N) is 2. The van der Waals surface area contributed by atoms with E-state index in [0.29, 0.717) is 5.69 Å². The Balaban J connectivity index is 2.12. The van der Waals surface area contributed by atoms with Crippen LogP contribution in [-0.2, 0) is 0 Å². The zero-order valence-corrected chi connectivity index (χ0v) is 12.0. The number of aromatic amines is 1. The van der Waals surface area contributed by atoms with Crippen molar-refractivity contribution >= 4 is 22.9 Å². The van der Waals surface area contributed by atoms with Crippen LogP contribution >= 0.6 is 11.3 Å². The first-order valence-corrected chi connectivity index (χ1v) is 7.11. The third-order valence-corrected chi connectivity index (χ3v) is 3.72. The quantitative estimate of drug-likeness (QED) is 0.804. The summed E-state index contributed by atoms with van der Waals surface area (Å²) in [5, 5.41) is 13.7. The fourth-order valence-electron chi connectivity index (χ4n) is 1.85. The van der Waals surface area contributed by atoms with Crippen LogP contribution < -0.4 is 11.1 Å². The van der Waals surface area contributed by atoms with Gasteiger partial charge in [-0.3, -0.25) is 9.89 Å². The molecular weight excluding hydrogens is 260 g/mol. The van der Waals surface area contributed by atoms with Gasteiger partial charge in [-0.1, -0.05) is 13.8 Å². The number of nitrogen functional groups attached to an aromatic ring is 1. The van der Waals surface area contributed by atoms with Gasteiger partial charge in [0.1, 0.15) is 0 Å². The van der Waals surface area contributed by atoms with Crippen molar-refractivity contribution in [1.82, 2.24) is 15.5 Å². The van der Waals surface area contributed by atoms with Gasteiger partial charge in [-0.2, -0.15) is 16.4 Å². The molecule has 19 heavy (non-hydrogen) atoms. The molecule has 0 saturated carbocycles. The summed E-state index contributed by atoms with van der Waals surface area (Å²) in [4.78, 5) is 12.1. The zero-order valence-electron chi connectivity index (χ0n) is 11.2. The van der Waals surface area contributed by atoms with Crippen molar-refractivity contribution in [2.75, 3.05) is 5.73 Å². The Hall–Kier alpha value is -1.82. The Morgan fingerprint density at radius 3 is 2.74 bits per heavy atom. The predicted octanol–water partition coefficient (Wildman–Crippen LogP) is 2.67. The van der Waals surface area contributed by atoms with Gasteiger partial charge in [-0.05, 0) is 35.2 Å². The highest BCUT2D eigenvalue weighted by Gasteiger charge is 2.20. The van der Waals surface area contributed by atoms with Crippen LogP contribution in [0.15, 0.2) is 16.8 Å². The predicted molar refractivity (Wildman–Crippen MR) is 77.3 cm³/mol. The molecule has 102 valence electrons. The minimum atomic E-state index is -0.251. The molecule has 2 heterocycles. The van der Waals surface area contributed by atoms with Crippen LogP contribution in [0.4, 0.5) is 5.69 Å². The Morgan fingerprint density at radius 1 is 1.47 bits per heavy atom. The molecule has 0 fully saturated rings. The summed E-state index contributed by atoms with van der Waals surface area (Å²) >= 11 is 1.60. The molecule has 2 aromatic rings. The van der Waals surface area contributed by atoms with Crippen LogP contribution in [0.1, 0.15) is 54.5 Å². The van der Waals surface area contributed by atoms with Crippen LogP contribution in [0.25, 0.3) is 0 Å². The summed E-state index contributed by atoms with van der Waals surface area (Å²) in [7, 11) is 0. The average molecular weight is 278 g/mol. The molecule has 1 atom stereocenters. The van der Waals surface area contributed by atoms with Crippen LogP contribution in [0.5, 0.6) is 0 Å². The van der Waals surface area contributed by atoms with Gasteiger partial charge in [-0.15, -0.1) is 0 Å². The van der Waals surface area contributed by atoms with Crippen molar-refractivity contribution in [1.29, 1.82) is 0 Å². The van der Waals surface area contributed by atoms with Crippen molar-refractivity contribution in [3.05, 3.63) is 33.8 Å². The number of carbonyl (C=O) groups excluding carboxylic acids is 1. The molecule has 0 aliphatic heterocycles. The molecule has 1 unspecified atom stereocenters. The van der Waals surface area contributed by atoms with Gasteiger partial charge >= 0.3 is 0 Å². The van der Waals surface area contributed by atoms with Crippen molar-refractivity contribution in [3.8, 4) is 0 Å². The van der Waals surface area contributed by atoms with E-state index in [-0.39, 0.29) is 23.6 Å². The second kappa shape index (κ2) is 5.44. The van der Waals surface area contributed by atoms with Crippen molar-refractivity contribution < 1.29 is 4.79 Å². The van der Waals surface area contributed by atoms with E-state index in [2.05, 4.69) is 15.5 Å². The molecule has 0 aromatic carbocycles. The first-order valence-electron chi connectivity index (χ1n) is 6.17. The van der Waals surface area contributed by atoms with Crippen LogP contribution in [-0.4, -0.2) is 16.1 Å². The summed E-state index contributed by atoms with van der Waals surface area (Å²) in [5.41, 5.74) is 8.53. The molecule has 0 bridgehead atoms. The fourth-order valence-corrected chi connectivity index (χ4v) is 2.60. The molecule has 0 saturated heterocycles. The van der Waals surface area contributed by atoms with Gasteiger partial charge in [0.15, 0.2) is 5.69 Å². The minimum Gasteiger partial charge on any atom is -0.395 e. The lowest BCUT2D eigenvalue weighted by molar-refractivity contribution is 0.0936. The fraction of sp³-hybridized carbons (Fsp3) is 0.385. The van der Waals surface area contributed by atoms with Gasteiger partial charge in [0.2, 0.25) is 0 Å². The number of anilines is 1. The standard InChI is InChI=1S/C13H18N4OS/c1-7(2)11-10(14)12(17-16-11)13(18)15-8(3)9-4-5-19-6-9/h4-8H,14H2,1-3H3,(H,15,18)(H,16,17). The summed E-state index contributed by atoms with van der Waals surface area (Å²) in [6.07, 6.45) is 0. The molecule has 2 rings (SSSR count). The highest BCUT2D eigenvalue weighted by molar-refractivity contribution is 7.07. The summed E-state index contributed by atoms with van der Waals surface area (Å²) in [5.74, 6) is -0.0392. The number of carbonyl (C=O) groups is 1. The molecule has 2 aromatic heterocycles. The Kier molecular flexibility index (Phi) is 3.90. The second-order valence-corrected chi connectivity index (χ2v) is 5.59. The van der Waals surface area contributed by atoms with E-state index in [1.54, 1.807) is 11.3 Å². The van der Waals surface area contributed by atoms with E-state index in [4.69, 9.17) is 5.73 Å². The maximum absolute atomic E-state index is 12.1. The van der Waals surface area contributed by atoms with E-state index in [9.17, 15) is 4.79 Å². The molecule has 6 heteroatoms. The lowest BCUT2D eigenvalue weighted by Gasteiger charge is -2.11. The summed E-state index contributed by atoms with van der Waals surface area (Å²) in [6, 6.07) is 1.93. The van der Waals surface area contributed by atoms with E-state index in [1.165, 1.54) is 0 Å². The maximum Gasteiger partial charge on any atom is 0.274 e. The number of amides is 1. The number of thiophene rings is 1. The minimum absolute atomic E-state index is 0.0580. The number of H-pyrrole nitrogens is 1. The Bertz CT molecular complexity index is 559. The SMILES string of the molecule is CC(C)c1[nH]nc(C(=O)NC(C)c2ccsc2)c1N. The molecule has 0 spiro atoms. The first kappa shape index (κ1) is 13.6. The van der Waals surface area contributed by atoms with Gasteiger partial charge < -0.3 is 11.1 Å². The number of nitrogens with two attached hydrogens (primary N) is 1. The largest absolute Gasteiger partial charge is 0.395 e. The van der Waals surface area contributed by atoms with E-state index in [0.717, 1.165) is 11.3 Å². The smallest absolute Gasteiger partial charge is 0.274 e. The Morgan fingerprint density at radius 2 is 2.21 bits per heavy atom. The lowest BCUT2D eigenvalue weighted by atomic mass is 10.1. The van der Waals surface area contributed by atoms with Crippen molar-refractivity contribution in [2.45, 2.75) is 32.7 Å². The van der Waals surface area contributed by atoms with E-state index in [1.807, 2.05) is 37.6 Å². The van der Waals surface area contributed by atoms with Crippen molar-refractivity contribution in [2.24, 2.45) is 0 Å². The summed E-state index contributed by atoms with van der Waals surface area (Å²) < 4.78 is 0. The maximum atomic E-state index is 12.1. The zero-order chi connectivity index (χ0) is 14.0. The van der Waals surface area contributed by atoms with Gasteiger partial charge in [-0.25, -0.2) is 0 Å². The normalized spacial score (nSPS) is 12.6. The van der Waals surface area contributed by atoms with Gasteiger partial charge in [0.25, 0.3) is 5.91 Å². The molecule has 0 aliphatic carbocycles. The highest BCUT2D eigenvalue weighted by Crippen LogP contribution is 2.23. The monoisotopic (exact) mass is 278 g/mol. The number of hydrogen-bond donors (Lipinski definition) is 3. The van der Waals surface area contributed by atoms with E-state index < -0.39 is 0 Å². The van der Waals surface area contributed by atoms with Crippen LogP contribution in [0.3, 0.4) is 0 Å². The number of aromatic nitrogens is 2. The van der Waals surface area contributed by atoms with E-state index >= 15 is 0 Å². The average Bonchev–Trinajstić information content (AvgIpc) is 2.96. The third-order valence-electron chi connectivity index (χ3n) is 3.02. The molecule has 0 aliphatic rings. The first-order chi connectivity index (χ1) is 9.00. The molecule has 5 nitrogen and oxygen atoms in total. The summed E-state index contributed by atoms with van der Waals surface area (Å²) in [6.45, 7) is 5.94. The number of nitrogens with zero attached hydrogens (tertiary/aromatic N) is 1. The Labute approximate surface area is 116 Å².